The molecule has 0 aromatic rings. The lowest BCUT2D eigenvalue weighted by molar-refractivity contribution is -0.123. The van der Waals surface area contributed by atoms with Crippen LogP contribution < -0.4 is 5.32 Å². The fraction of sp³-hybridized carbons (Fsp3) is 0.675. The minimum Gasteiger partial charge on any atom is -0.394 e. The number of aliphatic hydroxyl groups excluding tert-OH is 2. The lowest BCUT2D eigenvalue weighted by Crippen LogP contribution is -2.45. The highest BCUT2D eigenvalue weighted by atomic mass is 16.3. The maximum atomic E-state index is 12.5. The van der Waals surface area contributed by atoms with Gasteiger partial charge in [0.1, 0.15) is 0 Å². The van der Waals surface area contributed by atoms with Gasteiger partial charge in [0.05, 0.1) is 18.8 Å². The van der Waals surface area contributed by atoms with Gasteiger partial charge in [0.2, 0.25) is 5.91 Å². The van der Waals surface area contributed by atoms with Crippen molar-refractivity contribution < 1.29 is 15.0 Å². The first kappa shape index (κ1) is 77.3. The zero-order chi connectivity index (χ0) is 58.4. The van der Waals surface area contributed by atoms with Crippen LogP contribution in [0.25, 0.3) is 0 Å². The van der Waals surface area contributed by atoms with E-state index in [0.717, 1.165) is 109 Å². The molecular formula is C77H131NO3. The summed E-state index contributed by atoms with van der Waals surface area (Å²) in [7, 11) is 0. The molecule has 0 aliphatic carbocycles. The summed E-state index contributed by atoms with van der Waals surface area (Å²) >= 11 is 0. The fourth-order valence-electron chi connectivity index (χ4n) is 9.93. The lowest BCUT2D eigenvalue weighted by atomic mass is 10.0. The van der Waals surface area contributed by atoms with Gasteiger partial charge in [-0.1, -0.05) is 352 Å². The summed E-state index contributed by atoms with van der Waals surface area (Å²) in [6, 6.07) is -0.573. The first-order valence-corrected chi connectivity index (χ1v) is 34.5. The third-order valence-corrected chi connectivity index (χ3v) is 15.1. The van der Waals surface area contributed by atoms with Gasteiger partial charge in [-0.25, -0.2) is 0 Å². The SMILES string of the molecule is CC/C=C\C/C=C\C/C=C\C/C=C\C/C=C\C/C=C\C/C=C\C/C=C\C/C=C\C/C=C\C/C=C\C/C=C\CCCCC(=O)NC(CO)C(O)CCCCCCCCCCCCCCCCCCCCCCCCCCCCCCCC. The van der Waals surface area contributed by atoms with Crippen LogP contribution >= 0.6 is 0 Å². The third kappa shape index (κ3) is 67.0. The zero-order valence-electron chi connectivity index (χ0n) is 53.3. The van der Waals surface area contributed by atoms with E-state index in [4.69, 9.17) is 0 Å². The van der Waals surface area contributed by atoms with Crippen molar-refractivity contribution in [3.05, 3.63) is 146 Å². The van der Waals surface area contributed by atoms with Crippen LogP contribution in [0.4, 0.5) is 0 Å². The van der Waals surface area contributed by atoms with E-state index in [-0.39, 0.29) is 12.5 Å². The molecular weight excluding hydrogens is 987 g/mol. The van der Waals surface area contributed by atoms with Crippen molar-refractivity contribution in [3.63, 3.8) is 0 Å². The third-order valence-electron chi connectivity index (χ3n) is 15.1. The van der Waals surface area contributed by atoms with Gasteiger partial charge in [-0.2, -0.15) is 0 Å². The number of rotatable bonds is 62. The molecule has 0 saturated carbocycles. The van der Waals surface area contributed by atoms with Crippen LogP contribution in [0.15, 0.2) is 146 Å². The minimum atomic E-state index is -0.691. The summed E-state index contributed by atoms with van der Waals surface area (Å²) < 4.78 is 0. The van der Waals surface area contributed by atoms with Crippen LogP contribution in [0, 0.1) is 0 Å². The Kier molecular flexibility index (Phi) is 67.3. The number of aliphatic hydroxyl groups is 2. The molecule has 3 N–H and O–H groups in total. The molecule has 462 valence electrons. The Balaban J connectivity index is 3.61. The van der Waals surface area contributed by atoms with Crippen molar-refractivity contribution in [2.45, 2.75) is 328 Å². The zero-order valence-corrected chi connectivity index (χ0v) is 53.3. The Labute approximate surface area is 503 Å². The summed E-state index contributed by atoms with van der Waals surface area (Å²) in [5, 5.41) is 23.4. The Bertz CT molecular complexity index is 1650. The standard InChI is InChI=1S/C77H131NO3/c1-3-5-7-9-11-13-15-17-19-21-23-25-27-29-31-33-35-36-37-38-39-40-41-42-43-45-47-49-51-53-55-57-59-61-63-65-67-69-71-73-77(81)78-75(74-79)76(80)72-70-68-66-64-62-60-58-56-54-52-50-48-46-44-34-32-30-28-26-24-22-20-18-16-14-12-10-8-6-4-2/h5,7,11,13,17,19,23,25,29,31,35-36,38-39,41-42,45,47,51,53,57,59,63,65,75-76,79-80H,3-4,6,8-10,12,14-16,18,20-22,24,26-28,30,32-34,37,40,43-44,46,48-50,52,54-56,58,60-62,64,66-74H2,1-2H3,(H,78,81)/b7-5-,13-11-,19-17-,25-23-,31-29-,36-35-,39-38-,42-41-,47-45-,53-51-,59-57-,65-63-. The molecule has 0 spiro atoms. The van der Waals surface area contributed by atoms with Gasteiger partial charge in [0.15, 0.2) is 0 Å². The van der Waals surface area contributed by atoms with Crippen LogP contribution in [0.5, 0.6) is 0 Å². The van der Waals surface area contributed by atoms with Crippen molar-refractivity contribution in [1.82, 2.24) is 5.32 Å². The predicted octanol–water partition coefficient (Wildman–Crippen LogP) is 23.9. The molecule has 0 fully saturated rings. The highest BCUT2D eigenvalue weighted by Gasteiger charge is 2.20. The van der Waals surface area contributed by atoms with Crippen molar-refractivity contribution in [1.29, 1.82) is 0 Å². The first-order chi connectivity index (χ1) is 40.2. The monoisotopic (exact) mass is 1120 g/mol. The Morgan fingerprint density at radius 2 is 0.543 bits per heavy atom. The summed E-state index contributed by atoms with van der Waals surface area (Å²) in [6.45, 7) is 4.25. The minimum absolute atomic E-state index is 0.0755. The fourth-order valence-corrected chi connectivity index (χ4v) is 9.93. The van der Waals surface area contributed by atoms with Crippen molar-refractivity contribution in [3.8, 4) is 0 Å². The van der Waals surface area contributed by atoms with Crippen LogP contribution in [0.2, 0.25) is 0 Å². The smallest absolute Gasteiger partial charge is 0.220 e. The predicted molar refractivity (Wildman–Crippen MR) is 363 cm³/mol. The highest BCUT2D eigenvalue weighted by molar-refractivity contribution is 5.76. The van der Waals surface area contributed by atoms with Gasteiger partial charge in [0, 0.05) is 6.42 Å². The van der Waals surface area contributed by atoms with E-state index in [1.54, 1.807) is 0 Å². The van der Waals surface area contributed by atoms with Crippen LogP contribution in [0.3, 0.4) is 0 Å². The summed E-state index contributed by atoms with van der Waals surface area (Å²) in [5.41, 5.74) is 0. The number of carbonyl (C=O) groups is 1. The molecule has 0 bridgehead atoms. The molecule has 2 unspecified atom stereocenters. The van der Waals surface area contributed by atoms with Crippen molar-refractivity contribution in [2.24, 2.45) is 0 Å². The first-order valence-electron chi connectivity index (χ1n) is 34.5. The van der Waals surface area contributed by atoms with Gasteiger partial charge in [-0.05, 0) is 103 Å². The van der Waals surface area contributed by atoms with Gasteiger partial charge in [0.25, 0.3) is 0 Å². The number of amides is 1. The molecule has 4 heteroatoms. The normalized spacial score (nSPS) is 13.7. The number of unbranched alkanes of at least 4 members (excludes halogenated alkanes) is 31. The molecule has 0 radical (unpaired) electrons. The van der Waals surface area contributed by atoms with Gasteiger partial charge >= 0.3 is 0 Å². The van der Waals surface area contributed by atoms with Crippen LogP contribution in [-0.2, 0) is 4.79 Å². The second-order valence-corrected chi connectivity index (χ2v) is 22.9. The molecule has 81 heavy (non-hydrogen) atoms. The number of carbonyl (C=O) groups excluding carboxylic acids is 1. The molecule has 4 nitrogen and oxygen atoms in total. The molecule has 0 aliphatic rings. The number of allylic oxidation sites excluding steroid dienone is 24. The number of hydrogen-bond acceptors (Lipinski definition) is 3. The van der Waals surface area contributed by atoms with Crippen LogP contribution in [0.1, 0.15) is 316 Å². The van der Waals surface area contributed by atoms with E-state index < -0.39 is 12.1 Å². The van der Waals surface area contributed by atoms with Crippen LogP contribution in [-0.4, -0.2) is 34.9 Å². The van der Waals surface area contributed by atoms with E-state index in [2.05, 4.69) is 165 Å². The molecule has 0 aromatic heterocycles. The van der Waals surface area contributed by atoms with Gasteiger partial charge in [-0.15, -0.1) is 0 Å². The number of nitrogens with one attached hydrogen (secondary N) is 1. The van der Waals surface area contributed by atoms with Crippen molar-refractivity contribution >= 4 is 5.91 Å². The Morgan fingerprint density at radius 1 is 0.309 bits per heavy atom. The molecule has 0 heterocycles. The van der Waals surface area contributed by atoms with E-state index in [0.29, 0.717) is 12.8 Å². The summed E-state index contributed by atoms with van der Waals surface area (Å²) in [6.07, 6.45) is 110. The topological polar surface area (TPSA) is 69.6 Å². The quantitative estimate of drug-likeness (QED) is 0.0420. The molecule has 0 aliphatic heterocycles. The molecule has 0 saturated heterocycles. The molecule has 2 atom stereocenters. The average molecular weight is 1120 g/mol. The Morgan fingerprint density at radius 3 is 0.790 bits per heavy atom. The van der Waals surface area contributed by atoms with E-state index >= 15 is 0 Å². The van der Waals surface area contributed by atoms with E-state index in [9.17, 15) is 15.0 Å². The maximum absolute atomic E-state index is 12.5. The molecule has 0 rings (SSSR count). The summed E-state index contributed by atoms with van der Waals surface area (Å²) in [4.78, 5) is 12.5. The van der Waals surface area contributed by atoms with Gasteiger partial charge in [-0.3, -0.25) is 4.79 Å². The largest absolute Gasteiger partial charge is 0.394 e. The lowest BCUT2D eigenvalue weighted by Gasteiger charge is -2.22. The second kappa shape index (κ2) is 70.5. The van der Waals surface area contributed by atoms with Gasteiger partial charge < -0.3 is 15.5 Å². The Hall–Kier alpha value is -3.73. The van der Waals surface area contributed by atoms with E-state index in [1.165, 1.54) is 180 Å². The molecule has 1 amide bonds. The van der Waals surface area contributed by atoms with E-state index in [1.807, 2.05) is 0 Å². The maximum Gasteiger partial charge on any atom is 0.220 e. The van der Waals surface area contributed by atoms with Crippen molar-refractivity contribution in [2.75, 3.05) is 6.61 Å². The average Bonchev–Trinajstić information content (AvgIpc) is 3.47. The number of hydrogen-bond donors (Lipinski definition) is 3. The highest BCUT2D eigenvalue weighted by Crippen LogP contribution is 2.18. The summed E-state index contributed by atoms with van der Waals surface area (Å²) in [5.74, 6) is -0.0755. The molecule has 0 aromatic carbocycles. The second-order valence-electron chi connectivity index (χ2n) is 22.9.